The number of rotatable bonds is 2. The predicted molar refractivity (Wildman–Crippen MR) is 74.0 cm³/mol. The molecule has 0 saturated carbocycles. The van der Waals surface area contributed by atoms with Gasteiger partial charge >= 0.3 is 5.69 Å². The van der Waals surface area contributed by atoms with Crippen LogP contribution in [0.15, 0.2) is 11.0 Å². The first-order chi connectivity index (χ1) is 8.02. The van der Waals surface area contributed by atoms with Gasteiger partial charge < -0.3 is 15.6 Å². The van der Waals surface area contributed by atoms with Crippen LogP contribution in [0.25, 0.3) is 0 Å². The van der Waals surface area contributed by atoms with Gasteiger partial charge in [-0.1, -0.05) is 0 Å². The standard InChI is InChI=1S/C9H12IN3O3S/c10-4-2-13(9(15)12-8(4)11)7-1-6(17)5(3-14)16-7/h2,5-7,14,17H,1,3H2,(H2,11,12,15)/t5-,6?,7-/m1/s1. The molecule has 0 amide bonds. The zero-order chi connectivity index (χ0) is 12.6. The molecule has 2 rings (SSSR count). The van der Waals surface area contributed by atoms with Crippen molar-refractivity contribution in [2.75, 3.05) is 12.3 Å². The summed E-state index contributed by atoms with van der Waals surface area (Å²) in [5.74, 6) is 0.214. The molecule has 1 aromatic rings. The van der Waals surface area contributed by atoms with Crippen LogP contribution >= 0.6 is 35.2 Å². The van der Waals surface area contributed by atoms with Crippen molar-refractivity contribution in [1.29, 1.82) is 0 Å². The number of ether oxygens (including phenoxy) is 1. The first-order valence-corrected chi connectivity index (χ1v) is 6.61. The van der Waals surface area contributed by atoms with Crippen molar-refractivity contribution in [3.63, 3.8) is 0 Å². The molecule has 0 spiro atoms. The van der Waals surface area contributed by atoms with Crippen LogP contribution in [0, 0.1) is 3.57 Å². The van der Waals surface area contributed by atoms with E-state index in [2.05, 4.69) is 17.6 Å². The predicted octanol–water partition coefficient (Wildman–Crippen LogP) is 0.00830. The molecule has 2 heterocycles. The topological polar surface area (TPSA) is 90.4 Å². The molecular formula is C9H12IN3O3S. The fourth-order valence-electron chi connectivity index (χ4n) is 1.71. The fourth-order valence-corrected chi connectivity index (χ4v) is 2.48. The molecule has 3 atom stereocenters. The Morgan fingerprint density at radius 3 is 3.06 bits per heavy atom. The van der Waals surface area contributed by atoms with E-state index < -0.39 is 11.9 Å². The third-order valence-electron chi connectivity index (χ3n) is 2.63. The summed E-state index contributed by atoms with van der Waals surface area (Å²) in [4.78, 5) is 15.4. The summed E-state index contributed by atoms with van der Waals surface area (Å²) >= 11 is 6.31. The van der Waals surface area contributed by atoms with Crippen LogP contribution in [-0.2, 0) is 4.74 Å². The zero-order valence-corrected chi connectivity index (χ0v) is 11.8. The number of anilines is 1. The van der Waals surface area contributed by atoms with E-state index >= 15 is 0 Å². The van der Waals surface area contributed by atoms with Crippen LogP contribution in [0.5, 0.6) is 0 Å². The number of nitrogens with zero attached hydrogens (tertiary/aromatic N) is 2. The minimum atomic E-state index is -0.452. The monoisotopic (exact) mass is 369 g/mol. The molecule has 3 N–H and O–H groups in total. The fraction of sp³-hybridized carbons (Fsp3) is 0.556. The number of thiol groups is 1. The Bertz CT molecular complexity index is 481. The Balaban J connectivity index is 2.30. The van der Waals surface area contributed by atoms with Gasteiger partial charge in [0, 0.05) is 17.9 Å². The summed E-state index contributed by atoms with van der Waals surface area (Å²) in [6.45, 7) is -0.112. The number of halogens is 1. The van der Waals surface area contributed by atoms with Crippen molar-refractivity contribution in [2.24, 2.45) is 0 Å². The Hall–Kier alpha value is -0.320. The lowest BCUT2D eigenvalue weighted by Gasteiger charge is -2.15. The molecule has 0 bridgehead atoms. The van der Waals surface area contributed by atoms with Gasteiger partial charge in [0.2, 0.25) is 0 Å². The van der Waals surface area contributed by atoms with Crippen molar-refractivity contribution in [1.82, 2.24) is 9.55 Å². The number of aliphatic hydroxyl groups is 1. The van der Waals surface area contributed by atoms with Gasteiger partial charge in [-0.3, -0.25) is 4.57 Å². The van der Waals surface area contributed by atoms with Gasteiger partial charge in [-0.05, 0) is 22.6 Å². The molecule has 1 aliphatic heterocycles. The summed E-state index contributed by atoms with van der Waals surface area (Å²) in [6, 6.07) is 0. The second kappa shape index (κ2) is 5.12. The number of hydrogen-bond acceptors (Lipinski definition) is 6. The van der Waals surface area contributed by atoms with Gasteiger partial charge in [0.05, 0.1) is 16.3 Å². The Morgan fingerprint density at radius 1 is 1.76 bits per heavy atom. The lowest BCUT2D eigenvalue weighted by molar-refractivity contribution is -0.0237. The molecule has 1 aromatic heterocycles. The van der Waals surface area contributed by atoms with Crippen molar-refractivity contribution >= 4 is 41.0 Å². The van der Waals surface area contributed by atoms with Crippen molar-refractivity contribution in [3.8, 4) is 0 Å². The van der Waals surface area contributed by atoms with E-state index in [1.54, 1.807) is 6.20 Å². The Kier molecular flexibility index (Phi) is 3.95. The molecule has 6 nitrogen and oxygen atoms in total. The molecule has 1 saturated heterocycles. The first kappa shape index (κ1) is 13.1. The van der Waals surface area contributed by atoms with Gasteiger partial charge in [-0.2, -0.15) is 17.6 Å². The Morgan fingerprint density at radius 2 is 2.47 bits per heavy atom. The summed E-state index contributed by atoms with van der Waals surface area (Å²) in [6.07, 6.45) is 1.36. The van der Waals surface area contributed by atoms with Gasteiger partial charge in [-0.25, -0.2) is 4.79 Å². The third kappa shape index (κ3) is 2.59. The second-order valence-corrected chi connectivity index (χ2v) is 5.60. The minimum absolute atomic E-state index is 0.0906. The average molecular weight is 369 g/mol. The quantitative estimate of drug-likeness (QED) is 0.505. The highest BCUT2D eigenvalue weighted by Crippen LogP contribution is 2.31. The highest BCUT2D eigenvalue weighted by Gasteiger charge is 2.34. The van der Waals surface area contributed by atoms with Crippen molar-refractivity contribution in [3.05, 3.63) is 20.3 Å². The molecule has 8 heteroatoms. The summed E-state index contributed by atoms with van der Waals surface area (Å²) in [5.41, 5.74) is 5.09. The molecule has 0 radical (unpaired) electrons. The zero-order valence-electron chi connectivity index (χ0n) is 8.78. The minimum Gasteiger partial charge on any atom is -0.394 e. The molecule has 17 heavy (non-hydrogen) atoms. The van der Waals surface area contributed by atoms with Crippen LogP contribution in [0.1, 0.15) is 12.6 Å². The number of aromatic nitrogens is 2. The number of nitrogens with two attached hydrogens (primary N) is 1. The van der Waals surface area contributed by atoms with Gasteiger partial charge in [0.15, 0.2) is 0 Å². The van der Waals surface area contributed by atoms with Crippen molar-refractivity contribution in [2.45, 2.75) is 24.0 Å². The van der Waals surface area contributed by atoms with E-state index in [1.807, 2.05) is 22.6 Å². The van der Waals surface area contributed by atoms with E-state index in [9.17, 15) is 4.79 Å². The van der Waals surface area contributed by atoms with E-state index in [4.69, 9.17) is 15.6 Å². The van der Waals surface area contributed by atoms with E-state index in [-0.39, 0.29) is 23.8 Å². The SMILES string of the molecule is Nc1nc(=O)n([C@H]2CC(S)[C@@H](CO)O2)cc1I. The van der Waals surface area contributed by atoms with E-state index in [1.165, 1.54) is 4.57 Å². The normalized spacial score (nSPS) is 28.5. The second-order valence-electron chi connectivity index (χ2n) is 3.78. The van der Waals surface area contributed by atoms with Crippen LogP contribution in [0.3, 0.4) is 0 Å². The number of nitrogen functional groups attached to an aromatic ring is 1. The lowest BCUT2D eigenvalue weighted by atomic mass is 10.2. The highest BCUT2D eigenvalue weighted by atomic mass is 127. The number of aliphatic hydroxyl groups excluding tert-OH is 1. The van der Waals surface area contributed by atoms with E-state index in [0.29, 0.717) is 9.99 Å². The van der Waals surface area contributed by atoms with Crippen LogP contribution in [0.2, 0.25) is 0 Å². The summed E-state index contributed by atoms with van der Waals surface area (Å²) in [7, 11) is 0. The maximum atomic E-state index is 11.7. The summed E-state index contributed by atoms with van der Waals surface area (Å²) in [5, 5.41) is 8.98. The van der Waals surface area contributed by atoms with Crippen LogP contribution in [-0.4, -0.2) is 32.6 Å². The van der Waals surface area contributed by atoms with Crippen LogP contribution in [0.4, 0.5) is 5.82 Å². The summed E-state index contributed by atoms with van der Waals surface area (Å²) < 4.78 is 7.61. The van der Waals surface area contributed by atoms with Gasteiger partial charge in [0.25, 0.3) is 0 Å². The van der Waals surface area contributed by atoms with Gasteiger partial charge in [-0.15, -0.1) is 0 Å². The molecule has 1 aliphatic rings. The molecule has 94 valence electrons. The molecular weight excluding hydrogens is 357 g/mol. The third-order valence-corrected chi connectivity index (χ3v) is 4.00. The maximum absolute atomic E-state index is 11.7. The Labute approximate surface area is 117 Å². The highest BCUT2D eigenvalue weighted by molar-refractivity contribution is 14.1. The maximum Gasteiger partial charge on any atom is 0.351 e. The van der Waals surface area contributed by atoms with E-state index in [0.717, 1.165) is 0 Å². The molecule has 1 fully saturated rings. The van der Waals surface area contributed by atoms with Crippen LogP contribution < -0.4 is 11.4 Å². The largest absolute Gasteiger partial charge is 0.394 e. The molecule has 1 unspecified atom stereocenters. The van der Waals surface area contributed by atoms with Crippen molar-refractivity contribution < 1.29 is 9.84 Å². The average Bonchev–Trinajstić information content (AvgIpc) is 2.65. The smallest absolute Gasteiger partial charge is 0.351 e. The first-order valence-electron chi connectivity index (χ1n) is 5.01. The number of hydrogen-bond donors (Lipinski definition) is 3. The molecule has 0 aliphatic carbocycles. The van der Waals surface area contributed by atoms with Gasteiger partial charge in [0.1, 0.15) is 12.0 Å². The molecule has 0 aromatic carbocycles. The lowest BCUT2D eigenvalue weighted by Crippen LogP contribution is -2.28.